The minimum atomic E-state index is -1.21. The molecule has 0 radical (unpaired) electrons. The minimum Gasteiger partial charge on any atom is -0.550 e. The number of nitrogens with one attached hydrogen (secondary N) is 1. The summed E-state index contributed by atoms with van der Waals surface area (Å²) < 4.78 is 17.1. The number of amides is 1. The second kappa shape index (κ2) is 10.3. The van der Waals surface area contributed by atoms with E-state index < -0.39 is 17.8 Å². The third-order valence-corrected chi connectivity index (χ3v) is 5.34. The van der Waals surface area contributed by atoms with Crippen molar-refractivity contribution in [2.24, 2.45) is 11.8 Å². The van der Waals surface area contributed by atoms with E-state index in [1.807, 2.05) is 26.0 Å². The monoisotopic (exact) mass is 417 g/mol. The molecule has 1 heterocycles. The van der Waals surface area contributed by atoms with Gasteiger partial charge in [0.15, 0.2) is 0 Å². The Labute approximate surface area is 176 Å². The van der Waals surface area contributed by atoms with Crippen LogP contribution in [0.5, 0.6) is 11.5 Å². The largest absolute Gasteiger partial charge is 0.550 e. The van der Waals surface area contributed by atoms with Gasteiger partial charge in [-0.25, -0.2) is 0 Å². The first kappa shape index (κ1) is 22.0. The second-order valence-electron chi connectivity index (χ2n) is 7.25. The Morgan fingerprint density at radius 3 is 2.33 bits per heavy atom. The van der Waals surface area contributed by atoms with Crippen LogP contribution in [0, 0.1) is 11.8 Å². The Morgan fingerprint density at radius 2 is 1.70 bits per heavy atom. The van der Waals surface area contributed by atoms with Crippen molar-refractivity contribution >= 4 is 23.3 Å². The van der Waals surface area contributed by atoms with Crippen LogP contribution in [-0.2, 0) is 14.3 Å². The number of hydrogen-bond acceptors (Lipinski definition) is 7. The molecule has 8 heteroatoms. The van der Waals surface area contributed by atoms with Gasteiger partial charge in [-0.1, -0.05) is 12.2 Å². The molecule has 0 spiro atoms. The normalized spacial score (nSPS) is 21.2. The molecule has 0 saturated carbocycles. The Balaban J connectivity index is 1.90. The maximum absolute atomic E-state index is 12.9. The summed E-state index contributed by atoms with van der Waals surface area (Å²) >= 11 is 0. The number of rotatable bonds is 8. The van der Waals surface area contributed by atoms with Gasteiger partial charge in [-0.05, 0) is 26.7 Å². The molecule has 0 unspecified atom stereocenters. The minimum absolute atomic E-state index is 0.291. The van der Waals surface area contributed by atoms with E-state index in [0.29, 0.717) is 56.5 Å². The first-order valence-corrected chi connectivity index (χ1v) is 10.5. The number of hydrogen-bond donors (Lipinski definition) is 1. The fourth-order valence-corrected chi connectivity index (χ4v) is 3.83. The van der Waals surface area contributed by atoms with Gasteiger partial charge in [-0.2, -0.15) is 0 Å². The first-order valence-electron chi connectivity index (χ1n) is 10.5. The highest BCUT2D eigenvalue weighted by molar-refractivity contribution is 5.97. The highest BCUT2D eigenvalue weighted by Crippen LogP contribution is 2.40. The first-order chi connectivity index (χ1) is 14.5. The Kier molecular flexibility index (Phi) is 7.57. The zero-order chi connectivity index (χ0) is 21.5. The van der Waals surface area contributed by atoms with Gasteiger partial charge < -0.3 is 34.3 Å². The molecule has 164 valence electrons. The second-order valence-corrected chi connectivity index (χ2v) is 7.25. The summed E-state index contributed by atoms with van der Waals surface area (Å²) in [5, 5.41) is 14.3. The maximum atomic E-state index is 12.9. The molecule has 2 atom stereocenters. The highest BCUT2D eigenvalue weighted by Gasteiger charge is 2.31. The maximum Gasteiger partial charge on any atom is 0.228 e. The smallest absolute Gasteiger partial charge is 0.228 e. The summed E-state index contributed by atoms with van der Waals surface area (Å²) in [4.78, 5) is 26.6. The van der Waals surface area contributed by atoms with Crippen molar-refractivity contribution in [1.29, 1.82) is 0 Å². The van der Waals surface area contributed by atoms with E-state index in [-0.39, 0.29) is 5.91 Å². The van der Waals surface area contributed by atoms with Crippen LogP contribution in [0.4, 0.5) is 11.4 Å². The Bertz CT molecular complexity index is 788. The molecule has 1 amide bonds. The fourth-order valence-electron chi connectivity index (χ4n) is 3.83. The molecule has 1 N–H and O–H groups in total. The molecule has 30 heavy (non-hydrogen) atoms. The van der Waals surface area contributed by atoms with Crippen molar-refractivity contribution in [2.45, 2.75) is 26.7 Å². The van der Waals surface area contributed by atoms with Crippen molar-refractivity contribution in [3.63, 3.8) is 0 Å². The van der Waals surface area contributed by atoms with Gasteiger partial charge in [0.2, 0.25) is 5.91 Å². The summed E-state index contributed by atoms with van der Waals surface area (Å²) in [7, 11) is 0. The Morgan fingerprint density at radius 1 is 1.07 bits per heavy atom. The van der Waals surface area contributed by atoms with Gasteiger partial charge in [0.1, 0.15) is 11.5 Å². The molecule has 1 saturated heterocycles. The zero-order valence-electron chi connectivity index (χ0n) is 17.5. The van der Waals surface area contributed by atoms with E-state index in [0.717, 1.165) is 18.8 Å². The number of nitrogens with zero attached hydrogens (tertiary/aromatic N) is 1. The summed E-state index contributed by atoms with van der Waals surface area (Å²) in [6.45, 7) is 7.40. The van der Waals surface area contributed by atoms with Crippen LogP contribution >= 0.6 is 0 Å². The van der Waals surface area contributed by atoms with Gasteiger partial charge in [-0.3, -0.25) is 4.79 Å². The van der Waals surface area contributed by atoms with Crippen LogP contribution in [-0.4, -0.2) is 51.4 Å². The van der Waals surface area contributed by atoms with Gasteiger partial charge in [-0.15, -0.1) is 0 Å². The molecule has 1 aromatic carbocycles. The van der Waals surface area contributed by atoms with Crippen LogP contribution in [0.25, 0.3) is 0 Å². The molecule has 1 aliphatic heterocycles. The topological polar surface area (TPSA) is 100 Å². The van der Waals surface area contributed by atoms with Crippen LogP contribution in [0.3, 0.4) is 0 Å². The Hall–Kier alpha value is -2.74. The average Bonchev–Trinajstić information content (AvgIpc) is 2.76. The van der Waals surface area contributed by atoms with E-state index in [1.54, 1.807) is 12.1 Å². The van der Waals surface area contributed by atoms with E-state index in [2.05, 4.69) is 10.2 Å². The number of carbonyl (C=O) groups is 2. The molecule has 1 aliphatic carbocycles. The van der Waals surface area contributed by atoms with Crippen LogP contribution < -0.4 is 24.8 Å². The molecule has 2 aliphatic rings. The number of ether oxygens (including phenoxy) is 3. The number of carboxylic acids is 1. The summed E-state index contributed by atoms with van der Waals surface area (Å²) in [5.41, 5.74) is 1.35. The van der Waals surface area contributed by atoms with Crippen molar-refractivity contribution < 1.29 is 28.9 Å². The van der Waals surface area contributed by atoms with Crippen molar-refractivity contribution in [3.05, 3.63) is 24.3 Å². The van der Waals surface area contributed by atoms with Gasteiger partial charge in [0.25, 0.3) is 0 Å². The number of benzene rings is 1. The molecule has 8 nitrogen and oxygen atoms in total. The van der Waals surface area contributed by atoms with E-state index in [4.69, 9.17) is 14.2 Å². The predicted molar refractivity (Wildman–Crippen MR) is 111 cm³/mol. The van der Waals surface area contributed by atoms with E-state index in [9.17, 15) is 14.7 Å². The van der Waals surface area contributed by atoms with E-state index >= 15 is 0 Å². The number of aliphatic carboxylic acids is 1. The third kappa shape index (κ3) is 5.05. The van der Waals surface area contributed by atoms with Crippen molar-refractivity contribution in [2.75, 3.05) is 49.7 Å². The average molecular weight is 417 g/mol. The lowest BCUT2D eigenvalue weighted by Gasteiger charge is -2.31. The third-order valence-electron chi connectivity index (χ3n) is 5.34. The fraction of sp³-hybridized carbons (Fsp3) is 0.545. The summed E-state index contributed by atoms with van der Waals surface area (Å²) in [5.74, 6) is -1.95. The SMILES string of the molecule is CCOc1cc(N2CCOCC2)c(OCC)cc1NC(=O)[C@@H]1CC=CC[C@H]1C(=O)[O-]. The lowest BCUT2D eigenvalue weighted by molar-refractivity contribution is -0.313. The van der Waals surface area contributed by atoms with Crippen molar-refractivity contribution in [3.8, 4) is 11.5 Å². The molecule has 3 rings (SSSR count). The lowest BCUT2D eigenvalue weighted by Crippen LogP contribution is -2.41. The quantitative estimate of drug-likeness (QED) is 0.641. The van der Waals surface area contributed by atoms with Crippen LogP contribution in [0.15, 0.2) is 24.3 Å². The van der Waals surface area contributed by atoms with Crippen LogP contribution in [0.2, 0.25) is 0 Å². The van der Waals surface area contributed by atoms with Crippen LogP contribution in [0.1, 0.15) is 26.7 Å². The number of anilines is 2. The van der Waals surface area contributed by atoms with Crippen molar-refractivity contribution in [1.82, 2.24) is 0 Å². The number of allylic oxidation sites excluding steroid dienone is 2. The molecular weight excluding hydrogens is 388 g/mol. The summed E-state index contributed by atoms with van der Waals surface area (Å²) in [6, 6.07) is 3.62. The standard InChI is InChI=1S/C22H30N2O6/c1-3-29-19-14-18(24-9-11-28-12-10-24)20(30-4-2)13-17(19)23-21(25)15-7-5-6-8-16(15)22(26)27/h5-6,13-16H,3-4,7-12H2,1-2H3,(H,23,25)(H,26,27)/p-1/t15-,16-/m1/s1. The van der Waals surface area contributed by atoms with E-state index in [1.165, 1.54) is 0 Å². The molecular formula is C22H29N2O6-. The van der Waals surface area contributed by atoms with Gasteiger partial charge in [0.05, 0.1) is 43.7 Å². The number of carbonyl (C=O) groups excluding carboxylic acids is 2. The van der Waals surface area contributed by atoms with Gasteiger partial charge in [0, 0.05) is 37.1 Å². The van der Waals surface area contributed by atoms with Gasteiger partial charge >= 0.3 is 0 Å². The summed E-state index contributed by atoms with van der Waals surface area (Å²) in [6.07, 6.45) is 4.26. The molecule has 1 aromatic rings. The highest BCUT2D eigenvalue weighted by atomic mass is 16.5. The molecule has 0 bridgehead atoms. The number of carboxylic acid groups (broad SMARTS) is 1. The lowest BCUT2D eigenvalue weighted by atomic mass is 9.82. The molecule has 0 aromatic heterocycles. The number of morpholine rings is 1. The zero-order valence-corrected chi connectivity index (χ0v) is 17.5. The molecule has 1 fully saturated rings. The predicted octanol–water partition coefficient (Wildman–Crippen LogP) is 1.59.